The fraction of sp³-hybridized carbons (Fsp3) is 0.217. The Balaban J connectivity index is 2.00. The lowest BCUT2D eigenvalue weighted by atomic mass is 10.0. The Labute approximate surface area is 212 Å². The van der Waals surface area contributed by atoms with E-state index in [0.29, 0.717) is 6.20 Å². The van der Waals surface area contributed by atoms with Gasteiger partial charge < -0.3 is 20.3 Å². The van der Waals surface area contributed by atoms with Crippen LogP contribution in [0.4, 0.5) is 23.2 Å². The average Bonchev–Trinajstić information content (AvgIpc) is 2.83. The van der Waals surface area contributed by atoms with E-state index in [1.54, 1.807) is 0 Å². The summed E-state index contributed by atoms with van der Waals surface area (Å²) in [6.45, 7) is 2.13. The minimum atomic E-state index is -4.81. The van der Waals surface area contributed by atoms with Gasteiger partial charge in [-0.1, -0.05) is 6.07 Å². The number of pyridine rings is 2. The fourth-order valence-electron chi connectivity index (χ4n) is 3.20. The molecule has 2 aromatic heterocycles. The van der Waals surface area contributed by atoms with Gasteiger partial charge in [0.05, 0.1) is 24.8 Å². The quantitative estimate of drug-likeness (QED) is 0.265. The first-order valence-corrected chi connectivity index (χ1v) is 11.6. The number of nitrogens with two attached hydrogens (primary N) is 1. The number of aryl methyl sites for hydroxylation is 1. The maximum atomic E-state index is 13.6. The van der Waals surface area contributed by atoms with Crippen LogP contribution >= 0.6 is 0 Å². The number of carbonyl (C=O) groups excluding carboxylic acids is 2. The monoisotopic (exact) mass is 539 g/mol. The van der Waals surface area contributed by atoms with E-state index < -0.39 is 57.9 Å². The zero-order valence-corrected chi connectivity index (χ0v) is 20.5. The smallest absolute Gasteiger partial charge is 0.418 e. The van der Waals surface area contributed by atoms with E-state index in [1.165, 1.54) is 44.3 Å². The summed E-state index contributed by atoms with van der Waals surface area (Å²) in [4.78, 5) is 32.4. The van der Waals surface area contributed by atoms with Crippen LogP contribution in [0.3, 0.4) is 0 Å². The number of ether oxygens (including phenoxy) is 1. The van der Waals surface area contributed by atoms with Crippen LogP contribution in [0.5, 0.6) is 11.6 Å². The zero-order chi connectivity index (χ0) is 27.5. The van der Waals surface area contributed by atoms with Crippen molar-refractivity contribution in [3.63, 3.8) is 0 Å². The standard InChI is InChI=1S/C23H21F4N5O4S/c1-12-16(23(25,26)27)11-29-22(36-17-7-8-18(24)30-13(17)2)20(12)21(34)31-14-5-4-6-15(9-14)37(35)32(3)19(33)10-28/h4-9,11H,10,28H2,1-3H3,(H,31,34). The molecular formula is C23H21F4N5O4S. The highest BCUT2D eigenvalue weighted by Crippen LogP contribution is 2.37. The van der Waals surface area contributed by atoms with Gasteiger partial charge >= 0.3 is 6.18 Å². The number of benzene rings is 1. The average molecular weight is 540 g/mol. The van der Waals surface area contributed by atoms with Crippen LogP contribution in [0.2, 0.25) is 0 Å². The number of nitrogens with one attached hydrogen (secondary N) is 1. The van der Waals surface area contributed by atoms with E-state index in [-0.39, 0.29) is 28.6 Å². The van der Waals surface area contributed by atoms with Crippen LogP contribution in [0.1, 0.15) is 27.2 Å². The molecule has 1 unspecified atom stereocenters. The van der Waals surface area contributed by atoms with E-state index in [9.17, 15) is 31.7 Å². The minimum absolute atomic E-state index is 0.0212. The lowest BCUT2D eigenvalue weighted by Crippen LogP contribution is -2.37. The second-order valence-electron chi connectivity index (χ2n) is 7.62. The zero-order valence-electron chi connectivity index (χ0n) is 19.7. The first-order valence-electron chi connectivity index (χ1n) is 10.5. The molecule has 0 saturated heterocycles. The lowest BCUT2D eigenvalue weighted by molar-refractivity contribution is -0.138. The van der Waals surface area contributed by atoms with Crippen LogP contribution < -0.4 is 15.8 Å². The summed E-state index contributed by atoms with van der Waals surface area (Å²) in [7, 11) is 1.28. The molecule has 3 N–H and O–H groups in total. The number of rotatable bonds is 7. The highest BCUT2D eigenvalue weighted by atomic mass is 32.2. The first kappa shape index (κ1) is 27.8. The van der Waals surface area contributed by atoms with Gasteiger partial charge in [-0.15, -0.1) is 0 Å². The molecular weight excluding hydrogens is 518 g/mol. The molecule has 37 heavy (non-hydrogen) atoms. The molecule has 2 heterocycles. The maximum Gasteiger partial charge on any atom is 0.418 e. The normalized spacial score (nSPS) is 12.1. The Bertz CT molecular complexity index is 1340. The van der Waals surface area contributed by atoms with Gasteiger partial charge in [0, 0.05) is 18.0 Å². The summed E-state index contributed by atoms with van der Waals surface area (Å²) < 4.78 is 73.2. The molecule has 196 valence electrons. The highest BCUT2D eigenvalue weighted by Gasteiger charge is 2.36. The number of nitrogens with zero attached hydrogens (tertiary/aromatic N) is 3. The number of aromatic nitrogens is 2. The van der Waals surface area contributed by atoms with Gasteiger partial charge in [-0.05, 0) is 43.7 Å². The largest absolute Gasteiger partial charge is 0.588 e. The topological polar surface area (TPSA) is 134 Å². The second kappa shape index (κ2) is 11.1. The summed E-state index contributed by atoms with van der Waals surface area (Å²) in [5.41, 5.74) is 3.30. The van der Waals surface area contributed by atoms with E-state index in [2.05, 4.69) is 15.3 Å². The third kappa shape index (κ3) is 6.34. The molecule has 3 aromatic rings. The first-order chi connectivity index (χ1) is 17.3. The Morgan fingerprint density at radius 2 is 1.92 bits per heavy atom. The van der Waals surface area contributed by atoms with Crippen LogP contribution in [0.15, 0.2) is 47.5 Å². The Hall–Kier alpha value is -3.75. The molecule has 2 amide bonds. The van der Waals surface area contributed by atoms with E-state index in [1.807, 2.05) is 0 Å². The minimum Gasteiger partial charge on any atom is -0.588 e. The van der Waals surface area contributed by atoms with Crippen LogP contribution in [-0.4, -0.2) is 44.2 Å². The molecule has 3 rings (SSSR count). The fourth-order valence-corrected chi connectivity index (χ4v) is 4.19. The number of halogens is 4. The van der Waals surface area contributed by atoms with Crippen molar-refractivity contribution in [3.05, 3.63) is 70.9 Å². The Morgan fingerprint density at radius 3 is 2.54 bits per heavy atom. The summed E-state index contributed by atoms with van der Waals surface area (Å²) in [6.07, 6.45) is -4.28. The summed E-state index contributed by atoms with van der Waals surface area (Å²) in [5, 5.41) is 2.44. The summed E-state index contributed by atoms with van der Waals surface area (Å²) in [6, 6.07) is 7.75. The van der Waals surface area contributed by atoms with Crippen molar-refractivity contribution in [2.45, 2.75) is 24.9 Å². The summed E-state index contributed by atoms with van der Waals surface area (Å²) >= 11 is -1.95. The third-order valence-electron chi connectivity index (χ3n) is 5.11. The number of hydrogen-bond donors (Lipinski definition) is 2. The molecule has 0 saturated carbocycles. The van der Waals surface area contributed by atoms with Crippen molar-refractivity contribution >= 4 is 28.9 Å². The van der Waals surface area contributed by atoms with Crippen molar-refractivity contribution in [3.8, 4) is 11.6 Å². The molecule has 0 bridgehead atoms. The molecule has 0 radical (unpaired) electrons. The van der Waals surface area contributed by atoms with Crippen molar-refractivity contribution in [1.82, 2.24) is 14.3 Å². The molecule has 0 aliphatic rings. The number of hydrogen-bond acceptors (Lipinski definition) is 7. The number of carbonyl (C=O) groups is 2. The van der Waals surface area contributed by atoms with Crippen molar-refractivity contribution in [2.24, 2.45) is 5.73 Å². The SMILES string of the molecule is Cc1nc(F)ccc1Oc1ncc(C(F)(F)F)c(C)c1C(=O)Nc1cccc([S+]([O-])N(C)C(=O)CN)c1. The van der Waals surface area contributed by atoms with Crippen LogP contribution in [0, 0.1) is 19.8 Å². The Morgan fingerprint density at radius 1 is 1.22 bits per heavy atom. The predicted octanol–water partition coefficient (Wildman–Crippen LogP) is 3.74. The van der Waals surface area contributed by atoms with Gasteiger partial charge in [0.15, 0.2) is 10.6 Å². The molecule has 14 heteroatoms. The highest BCUT2D eigenvalue weighted by molar-refractivity contribution is 7.89. The van der Waals surface area contributed by atoms with Gasteiger partial charge in [0.25, 0.3) is 11.8 Å². The molecule has 0 aliphatic carbocycles. The summed E-state index contributed by atoms with van der Waals surface area (Å²) in [5.74, 6) is -2.88. The van der Waals surface area contributed by atoms with Gasteiger partial charge in [0.2, 0.25) is 11.8 Å². The van der Waals surface area contributed by atoms with Gasteiger partial charge in [0.1, 0.15) is 16.9 Å². The van der Waals surface area contributed by atoms with Gasteiger partial charge in [-0.25, -0.2) is 9.97 Å². The lowest BCUT2D eigenvalue weighted by Gasteiger charge is -2.20. The van der Waals surface area contributed by atoms with Crippen molar-refractivity contribution in [1.29, 1.82) is 0 Å². The van der Waals surface area contributed by atoms with Crippen LogP contribution in [0.25, 0.3) is 0 Å². The number of amides is 2. The molecule has 0 spiro atoms. The van der Waals surface area contributed by atoms with E-state index in [4.69, 9.17) is 10.5 Å². The van der Waals surface area contributed by atoms with Gasteiger partial charge in [-0.3, -0.25) is 9.59 Å². The van der Waals surface area contributed by atoms with E-state index >= 15 is 0 Å². The molecule has 0 aliphatic heterocycles. The molecule has 1 aromatic carbocycles. The van der Waals surface area contributed by atoms with E-state index in [0.717, 1.165) is 17.3 Å². The predicted molar refractivity (Wildman–Crippen MR) is 126 cm³/mol. The molecule has 1 atom stereocenters. The number of likely N-dealkylation sites (N-methyl/N-ethyl adjacent to an activating group) is 1. The van der Waals surface area contributed by atoms with Crippen molar-refractivity contribution < 1.29 is 36.4 Å². The molecule has 0 fully saturated rings. The maximum absolute atomic E-state index is 13.6. The number of anilines is 1. The van der Waals surface area contributed by atoms with Gasteiger partial charge in [-0.2, -0.15) is 21.9 Å². The van der Waals surface area contributed by atoms with Crippen molar-refractivity contribution in [2.75, 3.05) is 18.9 Å². The van der Waals surface area contributed by atoms with Crippen LogP contribution in [-0.2, 0) is 22.3 Å². The third-order valence-corrected chi connectivity index (χ3v) is 6.47. The second-order valence-corrected chi connectivity index (χ2v) is 9.14. The Kier molecular flexibility index (Phi) is 8.35. The molecule has 9 nitrogen and oxygen atoms in total. The number of alkyl halides is 3.